The first kappa shape index (κ1) is 18.5. The smallest absolute Gasteiger partial charge is 0.195 e. The van der Waals surface area contributed by atoms with Crippen molar-refractivity contribution >= 4 is 22.7 Å². The van der Waals surface area contributed by atoms with Gasteiger partial charge >= 0.3 is 0 Å². The van der Waals surface area contributed by atoms with Crippen LogP contribution in [0.15, 0.2) is 121 Å². The van der Waals surface area contributed by atoms with Crippen LogP contribution in [0.2, 0.25) is 0 Å². The fourth-order valence-electron chi connectivity index (χ4n) is 3.28. The maximum absolute atomic E-state index is 13.7. The van der Waals surface area contributed by atoms with Gasteiger partial charge in [0.05, 0.1) is 11.3 Å². The topological polar surface area (TPSA) is 29.1 Å². The summed E-state index contributed by atoms with van der Waals surface area (Å²) in [4.78, 5) is 13.7. The van der Waals surface area contributed by atoms with Gasteiger partial charge in [-0.3, -0.25) is 4.79 Å². The summed E-state index contributed by atoms with van der Waals surface area (Å²) in [5, 5.41) is 3.50. The molecule has 2 nitrogen and oxygen atoms in total. The molecule has 0 unspecified atom stereocenters. The highest BCUT2D eigenvalue weighted by atomic mass is 16.1. The van der Waals surface area contributed by atoms with E-state index >= 15 is 0 Å². The molecular weight excluding hydrogens is 354 g/mol. The van der Waals surface area contributed by atoms with Crippen LogP contribution < -0.4 is 5.32 Å². The summed E-state index contributed by atoms with van der Waals surface area (Å²) in [6.45, 7) is 0. The average Bonchev–Trinajstić information content (AvgIpc) is 2.81. The SMILES string of the molecule is O=C(C(=C(Nc1ccccc1)c1ccccc1)c1ccccc1)c1ccccc1. The zero-order chi connectivity index (χ0) is 19.9. The summed E-state index contributed by atoms with van der Waals surface area (Å²) < 4.78 is 0. The van der Waals surface area contributed by atoms with Crippen molar-refractivity contribution < 1.29 is 4.79 Å². The number of nitrogens with one attached hydrogen (secondary N) is 1. The summed E-state index contributed by atoms with van der Waals surface area (Å²) >= 11 is 0. The second-order valence-corrected chi connectivity index (χ2v) is 6.67. The number of ketones is 1. The Morgan fingerprint density at radius 3 is 1.41 bits per heavy atom. The third kappa shape index (κ3) is 4.33. The minimum absolute atomic E-state index is 0.0147. The Hall–Kier alpha value is -3.91. The molecular formula is C27H21NO. The fourth-order valence-corrected chi connectivity index (χ4v) is 3.28. The third-order valence-corrected chi connectivity index (χ3v) is 4.68. The normalized spacial score (nSPS) is 11.4. The van der Waals surface area contributed by atoms with Gasteiger partial charge in [0.1, 0.15) is 0 Å². The molecule has 0 bridgehead atoms. The molecule has 0 radical (unpaired) electrons. The Labute approximate surface area is 171 Å². The van der Waals surface area contributed by atoms with Gasteiger partial charge in [-0.1, -0.05) is 109 Å². The van der Waals surface area contributed by atoms with Crippen molar-refractivity contribution in [2.75, 3.05) is 5.32 Å². The average molecular weight is 375 g/mol. The van der Waals surface area contributed by atoms with Crippen molar-refractivity contribution in [2.45, 2.75) is 0 Å². The summed E-state index contributed by atoms with van der Waals surface area (Å²) in [5.74, 6) is -0.0147. The molecule has 0 saturated carbocycles. The summed E-state index contributed by atoms with van der Waals surface area (Å²) in [5.41, 5.74) is 4.86. The molecule has 0 fully saturated rings. The van der Waals surface area contributed by atoms with Gasteiger partial charge < -0.3 is 5.32 Å². The Morgan fingerprint density at radius 1 is 0.483 bits per heavy atom. The Morgan fingerprint density at radius 2 is 0.897 bits per heavy atom. The molecule has 2 heteroatoms. The van der Waals surface area contributed by atoms with Crippen molar-refractivity contribution in [1.82, 2.24) is 0 Å². The summed E-state index contributed by atoms with van der Waals surface area (Å²) in [6, 6.07) is 39.2. The minimum Gasteiger partial charge on any atom is -0.354 e. The predicted molar refractivity (Wildman–Crippen MR) is 121 cm³/mol. The molecule has 1 N–H and O–H groups in total. The zero-order valence-corrected chi connectivity index (χ0v) is 16.0. The first-order chi connectivity index (χ1) is 14.3. The van der Waals surface area contributed by atoms with Crippen LogP contribution in [0.5, 0.6) is 0 Å². The van der Waals surface area contributed by atoms with E-state index in [2.05, 4.69) is 5.32 Å². The lowest BCUT2D eigenvalue weighted by Gasteiger charge is -2.18. The third-order valence-electron chi connectivity index (χ3n) is 4.68. The van der Waals surface area contributed by atoms with Gasteiger partial charge in [0.25, 0.3) is 0 Å². The van der Waals surface area contributed by atoms with E-state index in [1.54, 1.807) is 0 Å². The number of benzene rings is 4. The van der Waals surface area contributed by atoms with Gasteiger partial charge in [-0.25, -0.2) is 0 Å². The molecule has 0 amide bonds. The molecule has 0 atom stereocenters. The highest BCUT2D eigenvalue weighted by Crippen LogP contribution is 2.30. The Bertz CT molecular complexity index is 1100. The van der Waals surface area contributed by atoms with Crippen LogP contribution in [0.4, 0.5) is 5.69 Å². The van der Waals surface area contributed by atoms with Gasteiger partial charge in [0.15, 0.2) is 5.78 Å². The van der Waals surface area contributed by atoms with E-state index in [9.17, 15) is 4.79 Å². The lowest BCUT2D eigenvalue weighted by molar-refractivity contribution is 0.105. The van der Waals surface area contributed by atoms with Gasteiger partial charge in [-0.2, -0.15) is 0 Å². The number of hydrogen-bond donors (Lipinski definition) is 1. The van der Waals surface area contributed by atoms with E-state index in [0.29, 0.717) is 11.1 Å². The van der Waals surface area contributed by atoms with Gasteiger partial charge in [-0.15, -0.1) is 0 Å². The standard InChI is InChI=1S/C27H21NO/c29-27(23-17-9-3-10-18-23)25(21-13-5-1-6-14-21)26(22-15-7-2-8-16-22)28-24-19-11-4-12-20-24/h1-20,28H. The number of carbonyl (C=O) groups is 1. The van der Waals surface area contributed by atoms with E-state index in [0.717, 1.165) is 22.5 Å². The number of hydrogen-bond acceptors (Lipinski definition) is 2. The van der Waals surface area contributed by atoms with Gasteiger partial charge in [0.2, 0.25) is 0 Å². The van der Waals surface area contributed by atoms with Crippen LogP contribution in [0.25, 0.3) is 11.3 Å². The molecule has 4 rings (SSSR count). The maximum Gasteiger partial charge on any atom is 0.195 e. The Balaban J connectivity index is 1.95. The van der Waals surface area contributed by atoms with Crippen molar-refractivity contribution in [3.63, 3.8) is 0 Å². The van der Waals surface area contributed by atoms with Crippen LogP contribution in [-0.2, 0) is 0 Å². The van der Waals surface area contributed by atoms with Crippen LogP contribution >= 0.6 is 0 Å². The molecule has 0 aliphatic carbocycles. The van der Waals surface area contributed by atoms with E-state index in [-0.39, 0.29) is 5.78 Å². The molecule has 0 saturated heterocycles. The number of allylic oxidation sites excluding steroid dienone is 1. The molecule has 0 spiro atoms. The number of anilines is 1. The monoisotopic (exact) mass is 375 g/mol. The maximum atomic E-state index is 13.7. The molecule has 0 heterocycles. The summed E-state index contributed by atoms with van der Waals surface area (Å²) in [7, 11) is 0. The van der Waals surface area contributed by atoms with Crippen molar-refractivity contribution in [2.24, 2.45) is 0 Å². The summed E-state index contributed by atoms with van der Waals surface area (Å²) in [6.07, 6.45) is 0. The predicted octanol–water partition coefficient (Wildman–Crippen LogP) is 6.55. The molecule has 0 aromatic heterocycles. The van der Waals surface area contributed by atoms with Crippen molar-refractivity contribution in [3.05, 3.63) is 138 Å². The second-order valence-electron chi connectivity index (χ2n) is 6.67. The largest absolute Gasteiger partial charge is 0.354 e. The van der Waals surface area contributed by atoms with E-state index in [1.807, 2.05) is 121 Å². The van der Waals surface area contributed by atoms with Crippen LogP contribution in [0, 0.1) is 0 Å². The number of Topliss-reactive ketones (excluding diaryl/α,β-unsaturated/α-hetero) is 1. The van der Waals surface area contributed by atoms with Crippen LogP contribution in [-0.4, -0.2) is 5.78 Å². The molecule has 29 heavy (non-hydrogen) atoms. The fraction of sp³-hybridized carbons (Fsp3) is 0. The van der Waals surface area contributed by atoms with Gasteiger partial charge in [-0.05, 0) is 23.3 Å². The van der Waals surface area contributed by atoms with E-state index in [4.69, 9.17) is 0 Å². The first-order valence-electron chi connectivity index (χ1n) is 9.60. The molecule has 4 aromatic rings. The lowest BCUT2D eigenvalue weighted by atomic mass is 9.92. The number of para-hydroxylation sites is 1. The number of carbonyl (C=O) groups excluding carboxylic acids is 1. The van der Waals surface area contributed by atoms with E-state index in [1.165, 1.54) is 0 Å². The quantitative estimate of drug-likeness (QED) is 0.235. The zero-order valence-electron chi connectivity index (χ0n) is 16.0. The molecule has 0 aliphatic rings. The first-order valence-corrected chi connectivity index (χ1v) is 9.60. The number of rotatable bonds is 6. The van der Waals surface area contributed by atoms with Crippen molar-refractivity contribution in [3.8, 4) is 0 Å². The minimum atomic E-state index is -0.0147. The molecule has 0 aliphatic heterocycles. The van der Waals surface area contributed by atoms with Crippen molar-refractivity contribution in [1.29, 1.82) is 0 Å². The molecule has 4 aromatic carbocycles. The van der Waals surface area contributed by atoms with Crippen LogP contribution in [0.1, 0.15) is 21.5 Å². The Kier molecular flexibility index (Phi) is 5.63. The lowest BCUT2D eigenvalue weighted by Crippen LogP contribution is -2.10. The van der Waals surface area contributed by atoms with E-state index < -0.39 is 0 Å². The van der Waals surface area contributed by atoms with Crippen LogP contribution in [0.3, 0.4) is 0 Å². The second kappa shape index (κ2) is 8.85. The highest BCUT2D eigenvalue weighted by molar-refractivity contribution is 6.35. The van der Waals surface area contributed by atoms with Gasteiger partial charge in [0, 0.05) is 11.3 Å². The molecule has 140 valence electrons. The highest BCUT2D eigenvalue weighted by Gasteiger charge is 2.20.